The molecule has 3 heteroatoms. The average Bonchev–Trinajstić information content (AvgIpc) is 2.29. The molecule has 1 aromatic carbocycles. The SMILES string of the molecule is C/C(=C\C=C/NCc1ccccc1)C(=O)O. The van der Waals surface area contributed by atoms with Crippen LogP contribution in [0.2, 0.25) is 0 Å². The Morgan fingerprint density at radius 3 is 2.69 bits per heavy atom. The van der Waals surface area contributed by atoms with Gasteiger partial charge in [0, 0.05) is 12.1 Å². The number of nitrogens with one attached hydrogen (secondary N) is 1. The molecule has 0 radical (unpaired) electrons. The summed E-state index contributed by atoms with van der Waals surface area (Å²) in [6.07, 6.45) is 4.98. The van der Waals surface area contributed by atoms with Crippen molar-refractivity contribution >= 4 is 5.97 Å². The third kappa shape index (κ3) is 4.46. The highest BCUT2D eigenvalue weighted by Gasteiger charge is 1.95. The lowest BCUT2D eigenvalue weighted by molar-refractivity contribution is -0.132. The monoisotopic (exact) mass is 217 g/mol. The average molecular weight is 217 g/mol. The predicted octanol–water partition coefficient (Wildman–Crippen LogP) is 2.32. The molecule has 0 heterocycles. The van der Waals surface area contributed by atoms with Crippen molar-refractivity contribution in [3.63, 3.8) is 0 Å². The molecule has 0 amide bonds. The van der Waals surface area contributed by atoms with Gasteiger partial charge in [0.2, 0.25) is 0 Å². The maximum atomic E-state index is 10.5. The molecule has 16 heavy (non-hydrogen) atoms. The van der Waals surface area contributed by atoms with Crippen LogP contribution in [0.25, 0.3) is 0 Å². The minimum atomic E-state index is -0.896. The predicted molar refractivity (Wildman–Crippen MR) is 63.8 cm³/mol. The Morgan fingerprint density at radius 2 is 2.06 bits per heavy atom. The Bertz CT molecular complexity index is 394. The fraction of sp³-hybridized carbons (Fsp3) is 0.154. The molecule has 0 aliphatic heterocycles. The lowest BCUT2D eigenvalue weighted by Gasteiger charge is -1.99. The lowest BCUT2D eigenvalue weighted by atomic mass is 10.2. The van der Waals surface area contributed by atoms with Gasteiger partial charge in [-0.15, -0.1) is 0 Å². The van der Waals surface area contributed by atoms with Crippen LogP contribution in [-0.2, 0) is 11.3 Å². The van der Waals surface area contributed by atoms with Crippen LogP contribution in [0.3, 0.4) is 0 Å². The zero-order valence-electron chi connectivity index (χ0n) is 9.18. The van der Waals surface area contributed by atoms with Crippen LogP contribution in [-0.4, -0.2) is 11.1 Å². The summed E-state index contributed by atoms with van der Waals surface area (Å²) < 4.78 is 0. The summed E-state index contributed by atoms with van der Waals surface area (Å²) in [5, 5.41) is 11.7. The van der Waals surface area contributed by atoms with Crippen molar-refractivity contribution in [2.24, 2.45) is 0 Å². The quantitative estimate of drug-likeness (QED) is 0.588. The first-order valence-corrected chi connectivity index (χ1v) is 5.04. The van der Waals surface area contributed by atoms with Crippen LogP contribution in [0.1, 0.15) is 12.5 Å². The van der Waals surface area contributed by atoms with Crippen molar-refractivity contribution in [1.82, 2.24) is 5.32 Å². The summed E-state index contributed by atoms with van der Waals surface area (Å²) in [7, 11) is 0. The normalized spacial score (nSPS) is 11.7. The summed E-state index contributed by atoms with van der Waals surface area (Å²) in [5.41, 5.74) is 1.50. The van der Waals surface area contributed by atoms with Gasteiger partial charge in [-0.2, -0.15) is 0 Å². The highest BCUT2D eigenvalue weighted by Crippen LogP contribution is 1.97. The van der Waals surface area contributed by atoms with Crippen LogP contribution in [0.4, 0.5) is 0 Å². The number of carboxylic acid groups (broad SMARTS) is 1. The zero-order chi connectivity index (χ0) is 11.8. The van der Waals surface area contributed by atoms with E-state index in [0.717, 1.165) is 6.54 Å². The molecule has 0 aliphatic carbocycles. The maximum absolute atomic E-state index is 10.5. The zero-order valence-corrected chi connectivity index (χ0v) is 9.18. The van der Waals surface area contributed by atoms with Gasteiger partial charge < -0.3 is 10.4 Å². The van der Waals surface area contributed by atoms with E-state index in [1.807, 2.05) is 30.3 Å². The molecule has 0 aliphatic rings. The second kappa shape index (κ2) is 6.45. The Morgan fingerprint density at radius 1 is 1.38 bits per heavy atom. The van der Waals surface area contributed by atoms with E-state index in [1.165, 1.54) is 5.56 Å². The number of carboxylic acids is 1. The molecule has 0 fully saturated rings. The van der Waals surface area contributed by atoms with Gasteiger partial charge in [-0.05, 0) is 24.8 Å². The van der Waals surface area contributed by atoms with Crippen molar-refractivity contribution in [2.45, 2.75) is 13.5 Å². The molecule has 1 rings (SSSR count). The molecule has 1 aromatic rings. The third-order valence-electron chi connectivity index (χ3n) is 2.05. The lowest BCUT2D eigenvalue weighted by Crippen LogP contribution is -2.03. The fourth-order valence-corrected chi connectivity index (χ4v) is 1.10. The molecule has 0 spiro atoms. The molecule has 0 atom stereocenters. The third-order valence-corrected chi connectivity index (χ3v) is 2.05. The van der Waals surface area contributed by atoms with E-state index in [4.69, 9.17) is 5.11 Å². The number of rotatable bonds is 5. The summed E-state index contributed by atoms with van der Waals surface area (Å²) in [5.74, 6) is -0.896. The van der Waals surface area contributed by atoms with E-state index >= 15 is 0 Å². The number of hydrogen-bond acceptors (Lipinski definition) is 2. The largest absolute Gasteiger partial charge is 0.478 e. The Labute approximate surface area is 95.1 Å². The number of benzene rings is 1. The first-order chi connectivity index (χ1) is 7.70. The van der Waals surface area contributed by atoms with Gasteiger partial charge in [0.25, 0.3) is 0 Å². The molecule has 3 nitrogen and oxygen atoms in total. The standard InChI is InChI=1S/C13H15NO2/c1-11(13(15)16)6-5-9-14-10-12-7-3-2-4-8-12/h2-9,14H,10H2,1H3,(H,15,16)/b9-5-,11-6+. The molecule has 84 valence electrons. The minimum absolute atomic E-state index is 0.317. The summed E-state index contributed by atoms with van der Waals surface area (Å²) in [6.45, 7) is 2.29. The molecule has 2 N–H and O–H groups in total. The number of carbonyl (C=O) groups is 1. The molecule has 0 saturated heterocycles. The van der Waals surface area contributed by atoms with Crippen molar-refractivity contribution < 1.29 is 9.90 Å². The maximum Gasteiger partial charge on any atom is 0.331 e. The van der Waals surface area contributed by atoms with Crippen LogP contribution < -0.4 is 5.32 Å². The van der Waals surface area contributed by atoms with Gasteiger partial charge in [0.1, 0.15) is 0 Å². The fourth-order valence-electron chi connectivity index (χ4n) is 1.10. The topological polar surface area (TPSA) is 49.3 Å². The molecular formula is C13H15NO2. The summed E-state index contributed by atoms with van der Waals surface area (Å²) in [6, 6.07) is 9.99. The number of hydrogen-bond donors (Lipinski definition) is 2. The van der Waals surface area contributed by atoms with Gasteiger partial charge >= 0.3 is 5.97 Å². The smallest absolute Gasteiger partial charge is 0.331 e. The van der Waals surface area contributed by atoms with Gasteiger partial charge in [-0.1, -0.05) is 36.4 Å². The first kappa shape index (κ1) is 12.0. The van der Waals surface area contributed by atoms with Crippen LogP contribution in [0, 0.1) is 0 Å². The van der Waals surface area contributed by atoms with Crippen molar-refractivity contribution in [1.29, 1.82) is 0 Å². The summed E-state index contributed by atoms with van der Waals surface area (Å²) >= 11 is 0. The highest BCUT2D eigenvalue weighted by atomic mass is 16.4. The highest BCUT2D eigenvalue weighted by molar-refractivity contribution is 5.86. The van der Waals surface area contributed by atoms with Gasteiger partial charge in [-0.3, -0.25) is 0 Å². The van der Waals surface area contributed by atoms with E-state index in [1.54, 1.807) is 25.3 Å². The van der Waals surface area contributed by atoms with Crippen molar-refractivity contribution in [3.8, 4) is 0 Å². The van der Waals surface area contributed by atoms with E-state index < -0.39 is 5.97 Å². The van der Waals surface area contributed by atoms with E-state index in [-0.39, 0.29) is 0 Å². The van der Waals surface area contributed by atoms with Gasteiger partial charge in [0.15, 0.2) is 0 Å². The Balaban J connectivity index is 2.34. The minimum Gasteiger partial charge on any atom is -0.478 e. The van der Waals surface area contributed by atoms with Gasteiger partial charge in [0.05, 0.1) is 0 Å². The second-order valence-electron chi connectivity index (χ2n) is 3.38. The van der Waals surface area contributed by atoms with E-state index in [9.17, 15) is 4.79 Å². The van der Waals surface area contributed by atoms with Crippen molar-refractivity contribution in [3.05, 3.63) is 59.8 Å². The molecule has 0 bridgehead atoms. The molecule has 0 aromatic heterocycles. The van der Waals surface area contributed by atoms with Crippen LogP contribution >= 0.6 is 0 Å². The Hall–Kier alpha value is -2.03. The number of aliphatic carboxylic acids is 1. The van der Waals surface area contributed by atoms with Gasteiger partial charge in [-0.25, -0.2) is 4.79 Å². The first-order valence-electron chi connectivity index (χ1n) is 5.04. The molecule has 0 unspecified atom stereocenters. The van der Waals surface area contributed by atoms with Crippen LogP contribution in [0.5, 0.6) is 0 Å². The number of allylic oxidation sites excluding steroid dienone is 2. The van der Waals surface area contributed by atoms with Crippen LogP contribution in [0.15, 0.2) is 54.3 Å². The van der Waals surface area contributed by atoms with Crippen molar-refractivity contribution in [2.75, 3.05) is 0 Å². The Kier molecular flexibility index (Phi) is 4.86. The van der Waals surface area contributed by atoms with E-state index in [0.29, 0.717) is 5.57 Å². The second-order valence-corrected chi connectivity index (χ2v) is 3.38. The molecular weight excluding hydrogens is 202 g/mol. The van der Waals surface area contributed by atoms with E-state index in [2.05, 4.69) is 5.32 Å². The molecule has 0 saturated carbocycles. The summed E-state index contributed by atoms with van der Waals surface area (Å²) in [4.78, 5) is 10.5.